The molecule has 0 fully saturated rings. The summed E-state index contributed by atoms with van der Waals surface area (Å²) in [6, 6.07) is 0.921. The van der Waals surface area contributed by atoms with Crippen LogP contribution in [0.3, 0.4) is 0 Å². The molecule has 1 N–H and O–H groups in total. The van der Waals surface area contributed by atoms with Gasteiger partial charge < -0.3 is 9.88 Å². The molecule has 2 heterocycles. The van der Waals surface area contributed by atoms with Crippen molar-refractivity contribution in [3.63, 3.8) is 0 Å². The van der Waals surface area contributed by atoms with Crippen molar-refractivity contribution in [1.29, 1.82) is 0 Å². The van der Waals surface area contributed by atoms with E-state index < -0.39 is 34.9 Å². The standard InChI is InChI=1S/C17H13F5N4O/c1-26-8-9(17(20,21)22)5-13(26)12-6-24-14(7-23-12)25-16(27)15-10(18)3-2-4-11(15)19/h3,5-8H,2,4H2,1H3,(H,24,25,27). The molecule has 3 rings (SSSR count). The minimum absolute atomic E-state index is 0.0736. The van der Waals surface area contributed by atoms with Gasteiger partial charge in [-0.1, -0.05) is 0 Å². The van der Waals surface area contributed by atoms with E-state index in [4.69, 9.17) is 0 Å². The number of nitrogens with one attached hydrogen (secondary N) is 1. The number of amides is 1. The largest absolute Gasteiger partial charge is 0.417 e. The number of halogens is 5. The van der Waals surface area contributed by atoms with Crippen LogP contribution in [0.5, 0.6) is 0 Å². The van der Waals surface area contributed by atoms with Crippen LogP contribution in [0.15, 0.2) is 48.0 Å². The number of hydrogen-bond acceptors (Lipinski definition) is 3. The highest BCUT2D eigenvalue weighted by atomic mass is 19.4. The number of carbonyl (C=O) groups is 1. The maximum atomic E-state index is 13.7. The number of anilines is 1. The first-order valence-corrected chi connectivity index (χ1v) is 7.79. The molecule has 2 aromatic heterocycles. The lowest BCUT2D eigenvalue weighted by Gasteiger charge is -2.12. The SMILES string of the molecule is Cn1cc(C(F)(F)F)cc1-c1cnc(NC(=O)C2=C(F)CCC=C2F)cn1. The highest BCUT2D eigenvalue weighted by molar-refractivity contribution is 6.06. The summed E-state index contributed by atoms with van der Waals surface area (Å²) >= 11 is 0. The molecule has 27 heavy (non-hydrogen) atoms. The van der Waals surface area contributed by atoms with E-state index in [-0.39, 0.29) is 30.0 Å². The van der Waals surface area contributed by atoms with E-state index >= 15 is 0 Å². The first kappa shape index (κ1) is 18.7. The van der Waals surface area contributed by atoms with Crippen LogP contribution in [-0.4, -0.2) is 20.4 Å². The van der Waals surface area contributed by atoms with Gasteiger partial charge >= 0.3 is 6.18 Å². The van der Waals surface area contributed by atoms with Gasteiger partial charge in [0.1, 0.15) is 22.9 Å². The van der Waals surface area contributed by atoms with Crippen LogP contribution < -0.4 is 5.32 Å². The number of allylic oxidation sites excluding steroid dienone is 2. The monoisotopic (exact) mass is 384 g/mol. The summed E-state index contributed by atoms with van der Waals surface area (Å²) in [6.07, 6.45) is -0.123. The fourth-order valence-electron chi connectivity index (χ4n) is 2.59. The molecule has 0 saturated heterocycles. The summed E-state index contributed by atoms with van der Waals surface area (Å²) < 4.78 is 66.9. The quantitative estimate of drug-likeness (QED) is 0.803. The zero-order valence-electron chi connectivity index (χ0n) is 13.9. The molecule has 0 aliphatic heterocycles. The molecular formula is C17H13F5N4O. The highest BCUT2D eigenvalue weighted by Gasteiger charge is 2.32. The molecule has 1 aliphatic carbocycles. The summed E-state index contributed by atoms with van der Waals surface area (Å²) in [5.41, 5.74) is -1.21. The molecule has 0 saturated carbocycles. The average molecular weight is 384 g/mol. The van der Waals surface area contributed by atoms with E-state index in [1.807, 2.05) is 0 Å². The van der Waals surface area contributed by atoms with Crippen molar-refractivity contribution in [2.24, 2.45) is 7.05 Å². The van der Waals surface area contributed by atoms with E-state index in [1.165, 1.54) is 11.6 Å². The summed E-state index contributed by atoms with van der Waals surface area (Å²) in [4.78, 5) is 19.9. The van der Waals surface area contributed by atoms with Crippen LogP contribution in [-0.2, 0) is 18.0 Å². The van der Waals surface area contributed by atoms with Gasteiger partial charge in [-0.3, -0.25) is 4.79 Å². The van der Waals surface area contributed by atoms with Crippen molar-refractivity contribution in [3.05, 3.63) is 53.5 Å². The van der Waals surface area contributed by atoms with E-state index in [0.717, 1.165) is 30.7 Å². The van der Waals surface area contributed by atoms with Crippen LogP contribution in [0.2, 0.25) is 0 Å². The van der Waals surface area contributed by atoms with Gasteiger partial charge in [0, 0.05) is 19.7 Å². The Morgan fingerprint density at radius 2 is 1.96 bits per heavy atom. The van der Waals surface area contributed by atoms with Gasteiger partial charge in [0.25, 0.3) is 5.91 Å². The molecule has 0 aromatic carbocycles. The van der Waals surface area contributed by atoms with Crippen LogP contribution in [0.25, 0.3) is 11.4 Å². The normalized spacial score (nSPS) is 15.0. The molecule has 2 aromatic rings. The third kappa shape index (κ3) is 3.88. The lowest BCUT2D eigenvalue weighted by Crippen LogP contribution is -2.18. The Labute approximate surface area is 150 Å². The lowest BCUT2D eigenvalue weighted by atomic mass is 10.0. The maximum absolute atomic E-state index is 13.7. The molecular weight excluding hydrogens is 371 g/mol. The predicted molar refractivity (Wildman–Crippen MR) is 86.6 cm³/mol. The summed E-state index contributed by atoms with van der Waals surface area (Å²) in [5, 5.41) is 2.22. The van der Waals surface area contributed by atoms with Gasteiger partial charge in [-0.25, -0.2) is 18.7 Å². The second kappa shape index (κ2) is 6.93. The molecule has 142 valence electrons. The Bertz CT molecular complexity index is 941. The van der Waals surface area contributed by atoms with Crippen molar-refractivity contribution >= 4 is 11.7 Å². The topological polar surface area (TPSA) is 59.8 Å². The maximum Gasteiger partial charge on any atom is 0.417 e. The van der Waals surface area contributed by atoms with Crippen LogP contribution >= 0.6 is 0 Å². The Kier molecular flexibility index (Phi) is 4.81. The minimum atomic E-state index is -4.49. The lowest BCUT2D eigenvalue weighted by molar-refractivity contribution is -0.137. The third-order valence-electron chi connectivity index (χ3n) is 3.91. The number of nitrogens with zero attached hydrogens (tertiary/aromatic N) is 3. The molecule has 5 nitrogen and oxygen atoms in total. The van der Waals surface area contributed by atoms with Gasteiger partial charge in [-0.05, 0) is 18.6 Å². The Morgan fingerprint density at radius 1 is 1.22 bits per heavy atom. The van der Waals surface area contributed by atoms with Crippen molar-refractivity contribution in [2.75, 3.05) is 5.32 Å². The smallest absolute Gasteiger partial charge is 0.349 e. The first-order valence-electron chi connectivity index (χ1n) is 7.79. The van der Waals surface area contributed by atoms with Crippen LogP contribution in [0.4, 0.5) is 27.8 Å². The van der Waals surface area contributed by atoms with Gasteiger partial charge in [-0.2, -0.15) is 13.2 Å². The van der Waals surface area contributed by atoms with E-state index in [1.54, 1.807) is 0 Å². The molecule has 1 amide bonds. The van der Waals surface area contributed by atoms with Gasteiger partial charge in [0.15, 0.2) is 5.82 Å². The second-order valence-electron chi connectivity index (χ2n) is 5.83. The molecule has 0 bridgehead atoms. The van der Waals surface area contributed by atoms with Gasteiger partial charge in [0.2, 0.25) is 0 Å². The van der Waals surface area contributed by atoms with Crippen molar-refractivity contribution < 1.29 is 26.7 Å². The molecule has 0 unspecified atom stereocenters. The molecule has 0 radical (unpaired) electrons. The number of carbonyl (C=O) groups excluding carboxylic acids is 1. The first-order chi connectivity index (χ1) is 12.7. The number of rotatable bonds is 3. The summed E-state index contributed by atoms with van der Waals surface area (Å²) in [5.74, 6) is -2.92. The van der Waals surface area contributed by atoms with Crippen LogP contribution in [0.1, 0.15) is 18.4 Å². The van der Waals surface area contributed by atoms with Crippen molar-refractivity contribution in [3.8, 4) is 11.4 Å². The second-order valence-corrected chi connectivity index (χ2v) is 5.83. The summed E-state index contributed by atoms with van der Waals surface area (Å²) in [7, 11) is 1.43. The van der Waals surface area contributed by atoms with Gasteiger partial charge in [0.05, 0.1) is 23.7 Å². The molecule has 10 heteroatoms. The average Bonchev–Trinajstić information content (AvgIpc) is 2.97. The fraction of sp³-hybridized carbons (Fsp3) is 0.235. The number of aromatic nitrogens is 3. The predicted octanol–water partition coefficient (Wildman–Crippen LogP) is 4.31. The van der Waals surface area contributed by atoms with E-state index in [9.17, 15) is 26.7 Å². The Morgan fingerprint density at radius 3 is 2.52 bits per heavy atom. The molecule has 0 spiro atoms. The van der Waals surface area contributed by atoms with Crippen molar-refractivity contribution in [2.45, 2.75) is 19.0 Å². The molecule has 0 atom stereocenters. The number of hydrogen-bond donors (Lipinski definition) is 1. The zero-order valence-corrected chi connectivity index (χ0v) is 13.9. The van der Waals surface area contributed by atoms with E-state index in [0.29, 0.717) is 0 Å². The highest BCUT2D eigenvalue weighted by Crippen LogP contribution is 2.33. The Balaban J connectivity index is 1.80. The van der Waals surface area contributed by atoms with Gasteiger partial charge in [-0.15, -0.1) is 0 Å². The number of aryl methyl sites for hydroxylation is 1. The van der Waals surface area contributed by atoms with E-state index in [2.05, 4.69) is 15.3 Å². The Hall–Kier alpha value is -3.04. The molecule has 1 aliphatic rings. The fourth-order valence-corrected chi connectivity index (χ4v) is 2.59. The van der Waals surface area contributed by atoms with Crippen LogP contribution in [0, 0.1) is 0 Å². The third-order valence-corrected chi connectivity index (χ3v) is 3.91. The zero-order chi connectivity index (χ0) is 19.8. The van der Waals surface area contributed by atoms with Crippen molar-refractivity contribution in [1.82, 2.24) is 14.5 Å². The summed E-state index contributed by atoms with van der Waals surface area (Å²) in [6.45, 7) is 0. The minimum Gasteiger partial charge on any atom is -0.349 e. The number of alkyl halides is 3.